The molecule has 0 nitrogen and oxygen atoms in total. The molecule has 74 valence electrons. The minimum atomic E-state index is 0.505. The van der Waals surface area contributed by atoms with E-state index < -0.39 is 0 Å². The third-order valence-corrected chi connectivity index (χ3v) is 4.13. The molecule has 1 aliphatic carbocycles. The Labute approximate surface area is 85.7 Å². The molecule has 0 bridgehead atoms. The molecule has 1 fully saturated rings. The van der Waals surface area contributed by atoms with E-state index in [1.807, 2.05) is 0 Å². The molecule has 0 spiro atoms. The van der Waals surface area contributed by atoms with Gasteiger partial charge in [-0.05, 0) is 24.7 Å². The van der Waals surface area contributed by atoms with Crippen molar-refractivity contribution >= 4 is 15.7 Å². The highest BCUT2D eigenvalue weighted by atomic mass is 14.3. The van der Waals surface area contributed by atoms with Crippen molar-refractivity contribution in [3.05, 3.63) is 0 Å². The average molecular weight is 178 g/mol. The second-order valence-corrected chi connectivity index (χ2v) is 6.17. The molecular formula is C11H24B2. The summed E-state index contributed by atoms with van der Waals surface area (Å²) < 4.78 is 0. The molecule has 1 atom stereocenters. The van der Waals surface area contributed by atoms with Gasteiger partial charge in [0.05, 0.1) is 15.7 Å². The summed E-state index contributed by atoms with van der Waals surface area (Å²) in [7, 11) is 4.77. The molecule has 13 heavy (non-hydrogen) atoms. The van der Waals surface area contributed by atoms with Gasteiger partial charge in [-0.25, -0.2) is 0 Å². The largest absolute Gasteiger partial charge is 0.0992 e. The lowest BCUT2D eigenvalue weighted by atomic mass is 9.47. The Kier molecular flexibility index (Phi) is 3.54. The molecule has 0 aromatic rings. The monoisotopic (exact) mass is 178 g/mol. The number of hydrogen-bond acceptors (Lipinski definition) is 0. The summed E-state index contributed by atoms with van der Waals surface area (Å²) in [5.74, 6) is 2.87. The molecule has 0 aliphatic heterocycles. The molecule has 0 aromatic carbocycles. The van der Waals surface area contributed by atoms with Crippen LogP contribution in [0.4, 0.5) is 0 Å². The predicted molar refractivity (Wildman–Crippen MR) is 65.7 cm³/mol. The van der Waals surface area contributed by atoms with E-state index in [2.05, 4.69) is 36.5 Å². The van der Waals surface area contributed by atoms with Crippen LogP contribution in [0.3, 0.4) is 0 Å². The Hall–Kier alpha value is 0.130. The lowest BCUT2D eigenvalue weighted by Crippen LogP contribution is -2.28. The average Bonchev–Trinajstić information content (AvgIpc) is 2.03. The van der Waals surface area contributed by atoms with Crippen LogP contribution in [-0.2, 0) is 0 Å². The molecule has 1 saturated carbocycles. The van der Waals surface area contributed by atoms with Gasteiger partial charge in [0.1, 0.15) is 0 Å². The van der Waals surface area contributed by atoms with Crippen molar-refractivity contribution in [3.8, 4) is 0 Å². The minimum absolute atomic E-state index is 0.505. The summed E-state index contributed by atoms with van der Waals surface area (Å²) in [4.78, 5) is 0. The van der Waals surface area contributed by atoms with Gasteiger partial charge in [-0.3, -0.25) is 0 Å². The zero-order valence-corrected chi connectivity index (χ0v) is 10.1. The minimum Gasteiger partial charge on any atom is -0.0845 e. The van der Waals surface area contributed by atoms with Gasteiger partial charge >= 0.3 is 0 Å². The molecule has 0 aromatic heterocycles. The Morgan fingerprint density at radius 2 is 1.62 bits per heavy atom. The van der Waals surface area contributed by atoms with Crippen LogP contribution < -0.4 is 0 Å². The van der Waals surface area contributed by atoms with Crippen molar-refractivity contribution in [3.63, 3.8) is 0 Å². The first-order valence-electron chi connectivity index (χ1n) is 5.91. The van der Waals surface area contributed by atoms with E-state index in [9.17, 15) is 0 Å². The quantitative estimate of drug-likeness (QED) is 0.566. The van der Waals surface area contributed by atoms with Crippen LogP contribution in [0.5, 0.6) is 0 Å². The first-order chi connectivity index (χ1) is 5.91. The summed E-state index contributed by atoms with van der Waals surface area (Å²) in [6.45, 7) is 7.23. The van der Waals surface area contributed by atoms with Gasteiger partial charge in [0, 0.05) is 0 Å². The summed E-state index contributed by atoms with van der Waals surface area (Å²) in [5.41, 5.74) is 0. The van der Waals surface area contributed by atoms with Gasteiger partial charge in [0.2, 0.25) is 0 Å². The molecular weight excluding hydrogens is 154 g/mol. The number of hydrogen-bond donors (Lipinski definition) is 0. The summed E-state index contributed by atoms with van der Waals surface area (Å²) in [6.07, 6.45) is 5.87. The maximum Gasteiger partial charge on any atom is 0.0992 e. The van der Waals surface area contributed by atoms with Crippen LogP contribution in [-0.4, -0.2) is 15.7 Å². The topological polar surface area (TPSA) is 0 Å². The molecule has 0 amide bonds. The van der Waals surface area contributed by atoms with Crippen molar-refractivity contribution in [1.29, 1.82) is 0 Å². The van der Waals surface area contributed by atoms with Gasteiger partial charge in [0.15, 0.2) is 0 Å². The zero-order valence-electron chi connectivity index (χ0n) is 10.1. The normalized spacial score (nSPS) is 32.8. The lowest BCUT2D eigenvalue weighted by molar-refractivity contribution is 0.211. The Balaban J connectivity index is 2.45. The Bertz CT molecular complexity index is 152. The van der Waals surface area contributed by atoms with E-state index in [1.54, 1.807) is 0 Å². The molecule has 0 N–H and O–H groups in total. The highest BCUT2D eigenvalue weighted by molar-refractivity contribution is 6.39. The fraction of sp³-hybridized carbons (Fsp3) is 1.00. The van der Waals surface area contributed by atoms with E-state index >= 15 is 0 Å². The van der Waals surface area contributed by atoms with Crippen molar-refractivity contribution in [2.45, 2.75) is 51.7 Å². The van der Waals surface area contributed by atoms with Crippen molar-refractivity contribution in [2.24, 2.45) is 17.8 Å². The fourth-order valence-corrected chi connectivity index (χ4v) is 2.49. The highest BCUT2D eigenvalue weighted by Crippen LogP contribution is 2.41. The van der Waals surface area contributed by atoms with E-state index in [0.717, 1.165) is 17.8 Å². The third kappa shape index (κ3) is 3.07. The third-order valence-electron chi connectivity index (χ3n) is 4.13. The Morgan fingerprint density at radius 3 is 2.00 bits per heavy atom. The van der Waals surface area contributed by atoms with E-state index in [4.69, 9.17) is 0 Å². The smallest absolute Gasteiger partial charge is 0.0845 e. The predicted octanol–water partition coefficient (Wildman–Crippen LogP) is 1.85. The molecule has 0 heterocycles. The Morgan fingerprint density at radius 1 is 1.15 bits per heavy atom. The van der Waals surface area contributed by atoms with Crippen LogP contribution in [0.25, 0.3) is 0 Å². The summed E-state index contributed by atoms with van der Waals surface area (Å²) >= 11 is 0. The van der Waals surface area contributed by atoms with Crippen LogP contribution >= 0.6 is 0 Å². The van der Waals surface area contributed by atoms with E-state index in [0.29, 0.717) is 5.21 Å². The summed E-state index contributed by atoms with van der Waals surface area (Å²) in [5, 5.41) is 0.505. The second kappa shape index (κ2) is 4.11. The van der Waals surface area contributed by atoms with E-state index in [1.165, 1.54) is 25.7 Å². The number of rotatable bonds is 2. The van der Waals surface area contributed by atoms with Crippen LogP contribution in [0.1, 0.15) is 46.5 Å². The van der Waals surface area contributed by atoms with E-state index in [-0.39, 0.29) is 0 Å². The van der Waals surface area contributed by atoms with Crippen LogP contribution in [0.2, 0.25) is 5.21 Å². The lowest BCUT2D eigenvalue weighted by Gasteiger charge is -2.38. The maximum atomic E-state index is 2.45. The van der Waals surface area contributed by atoms with Gasteiger partial charge in [-0.2, -0.15) is 0 Å². The zero-order chi connectivity index (χ0) is 10.1. The SMILES string of the molecule is BC(B)(C)C(C)C1CCC(C)CC1. The van der Waals surface area contributed by atoms with Gasteiger partial charge in [-0.15, -0.1) is 0 Å². The molecule has 1 unspecified atom stereocenters. The van der Waals surface area contributed by atoms with Crippen molar-refractivity contribution < 1.29 is 0 Å². The van der Waals surface area contributed by atoms with Crippen molar-refractivity contribution in [2.75, 3.05) is 0 Å². The van der Waals surface area contributed by atoms with Gasteiger partial charge < -0.3 is 0 Å². The molecule has 0 radical (unpaired) electrons. The highest BCUT2D eigenvalue weighted by Gasteiger charge is 2.30. The standard InChI is InChI=1S/C11H24B2/c1-8-4-6-10(7-5-8)9(2)11(3,12)13/h8-10H,4-7,12-13H2,1-3H3. The molecule has 1 aliphatic rings. The van der Waals surface area contributed by atoms with Crippen LogP contribution in [0.15, 0.2) is 0 Å². The van der Waals surface area contributed by atoms with Crippen molar-refractivity contribution in [1.82, 2.24) is 0 Å². The van der Waals surface area contributed by atoms with Gasteiger partial charge in [-0.1, -0.05) is 44.7 Å². The van der Waals surface area contributed by atoms with Gasteiger partial charge in [0.25, 0.3) is 0 Å². The second-order valence-electron chi connectivity index (χ2n) is 6.17. The molecule has 2 heteroatoms. The van der Waals surface area contributed by atoms with Crippen LogP contribution in [0, 0.1) is 17.8 Å². The first kappa shape index (κ1) is 11.2. The maximum absolute atomic E-state index is 2.45. The first-order valence-corrected chi connectivity index (χ1v) is 5.91. The molecule has 1 rings (SSSR count). The fourth-order valence-electron chi connectivity index (χ4n) is 2.49. The summed E-state index contributed by atoms with van der Waals surface area (Å²) in [6, 6.07) is 0. The molecule has 0 saturated heterocycles.